The number of aromatic nitrogens is 2. The Balaban J connectivity index is 1.62. The zero-order valence-corrected chi connectivity index (χ0v) is 13.6. The van der Waals surface area contributed by atoms with Gasteiger partial charge in [-0.3, -0.25) is 4.79 Å². The molecule has 0 spiro atoms. The topological polar surface area (TPSA) is 72.1 Å². The molecule has 3 rings (SSSR count). The van der Waals surface area contributed by atoms with E-state index in [2.05, 4.69) is 14.3 Å². The number of hydrogen-bond acceptors (Lipinski definition) is 5. The van der Waals surface area contributed by atoms with Crippen LogP contribution in [0.15, 0.2) is 24.3 Å². The minimum absolute atomic E-state index is 0.00212. The lowest BCUT2D eigenvalue weighted by Gasteiger charge is -2.29. The summed E-state index contributed by atoms with van der Waals surface area (Å²) in [4.78, 5) is 18.0. The Bertz CT molecular complexity index is 650. The van der Waals surface area contributed by atoms with Gasteiger partial charge in [-0.05, 0) is 30.5 Å². The molecule has 2 heterocycles. The molecular formula is C15H17ClN4OS. The first-order valence-corrected chi connectivity index (χ1v) is 8.38. The normalized spacial score (nSPS) is 16.0. The fourth-order valence-electron chi connectivity index (χ4n) is 2.59. The largest absolute Gasteiger partial charge is 0.369 e. The van der Waals surface area contributed by atoms with Gasteiger partial charge in [0.1, 0.15) is 5.82 Å². The van der Waals surface area contributed by atoms with Crippen molar-refractivity contribution in [2.75, 3.05) is 18.0 Å². The Morgan fingerprint density at radius 2 is 2.00 bits per heavy atom. The van der Waals surface area contributed by atoms with Gasteiger partial charge >= 0.3 is 0 Å². The minimum atomic E-state index is -0.194. The van der Waals surface area contributed by atoms with E-state index in [9.17, 15) is 4.79 Å². The van der Waals surface area contributed by atoms with Gasteiger partial charge in [-0.15, -0.1) is 0 Å². The molecule has 0 saturated carbocycles. The van der Waals surface area contributed by atoms with Gasteiger partial charge < -0.3 is 10.6 Å². The number of rotatable bonds is 4. The Kier molecular flexibility index (Phi) is 4.59. The molecule has 1 amide bonds. The van der Waals surface area contributed by atoms with Gasteiger partial charge in [-0.25, -0.2) is 4.98 Å². The predicted molar refractivity (Wildman–Crippen MR) is 88.3 cm³/mol. The summed E-state index contributed by atoms with van der Waals surface area (Å²) in [5.41, 5.74) is 6.50. The molecule has 0 atom stereocenters. The number of carbonyl (C=O) groups is 1. The van der Waals surface area contributed by atoms with Crippen molar-refractivity contribution in [3.8, 4) is 0 Å². The quantitative estimate of drug-likeness (QED) is 0.931. The standard InChI is InChI=1S/C15H17ClN4OS/c16-12-3-1-10(2-4-12)9-13-18-15(22-19-13)20-7-5-11(6-8-20)14(17)21/h1-4,11H,5-9H2,(H2,17,21). The number of halogens is 1. The fraction of sp³-hybridized carbons (Fsp3) is 0.400. The summed E-state index contributed by atoms with van der Waals surface area (Å²) < 4.78 is 4.43. The lowest BCUT2D eigenvalue weighted by atomic mass is 9.97. The molecule has 0 unspecified atom stereocenters. The molecule has 5 nitrogen and oxygen atoms in total. The van der Waals surface area contributed by atoms with Crippen molar-refractivity contribution in [3.63, 3.8) is 0 Å². The van der Waals surface area contributed by atoms with Crippen molar-refractivity contribution >= 4 is 34.2 Å². The summed E-state index contributed by atoms with van der Waals surface area (Å²) in [6.07, 6.45) is 2.29. The maximum absolute atomic E-state index is 11.2. The number of carbonyl (C=O) groups excluding carboxylic acids is 1. The summed E-state index contributed by atoms with van der Waals surface area (Å²) >= 11 is 7.30. The average Bonchev–Trinajstić information content (AvgIpc) is 2.98. The third kappa shape index (κ3) is 3.56. The summed E-state index contributed by atoms with van der Waals surface area (Å²) in [6, 6.07) is 7.72. The third-order valence-electron chi connectivity index (χ3n) is 3.90. The third-order valence-corrected chi connectivity index (χ3v) is 4.97. The highest BCUT2D eigenvalue weighted by atomic mass is 35.5. The smallest absolute Gasteiger partial charge is 0.220 e. The molecule has 1 saturated heterocycles. The van der Waals surface area contributed by atoms with Crippen molar-refractivity contribution in [2.45, 2.75) is 19.3 Å². The highest BCUT2D eigenvalue weighted by molar-refractivity contribution is 7.09. The zero-order valence-electron chi connectivity index (χ0n) is 12.0. The van der Waals surface area contributed by atoms with Gasteiger partial charge in [0.05, 0.1) is 0 Å². The highest BCUT2D eigenvalue weighted by Gasteiger charge is 2.24. The van der Waals surface area contributed by atoms with E-state index in [1.807, 2.05) is 24.3 Å². The highest BCUT2D eigenvalue weighted by Crippen LogP contribution is 2.25. The van der Waals surface area contributed by atoms with Gasteiger partial charge in [0.15, 0.2) is 0 Å². The molecule has 1 aliphatic heterocycles. The van der Waals surface area contributed by atoms with E-state index in [0.29, 0.717) is 6.42 Å². The summed E-state index contributed by atoms with van der Waals surface area (Å²) in [6.45, 7) is 1.62. The van der Waals surface area contributed by atoms with Crippen molar-refractivity contribution in [2.24, 2.45) is 11.7 Å². The van der Waals surface area contributed by atoms with Crippen LogP contribution in [-0.2, 0) is 11.2 Å². The van der Waals surface area contributed by atoms with Gasteiger partial charge in [0.25, 0.3) is 0 Å². The summed E-state index contributed by atoms with van der Waals surface area (Å²) in [7, 11) is 0. The second kappa shape index (κ2) is 6.62. The van der Waals surface area contributed by atoms with Crippen LogP contribution in [0.25, 0.3) is 0 Å². The number of primary amides is 1. The lowest BCUT2D eigenvalue weighted by Crippen LogP contribution is -2.38. The first-order valence-electron chi connectivity index (χ1n) is 7.23. The summed E-state index contributed by atoms with van der Waals surface area (Å²) in [5, 5.41) is 1.65. The van der Waals surface area contributed by atoms with Crippen molar-refractivity contribution in [1.29, 1.82) is 0 Å². The van der Waals surface area contributed by atoms with E-state index in [1.165, 1.54) is 11.5 Å². The molecule has 0 bridgehead atoms. The fourth-order valence-corrected chi connectivity index (χ4v) is 3.45. The molecule has 2 aromatic rings. The van der Waals surface area contributed by atoms with Crippen LogP contribution in [0.4, 0.5) is 5.13 Å². The van der Waals surface area contributed by atoms with E-state index >= 15 is 0 Å². The molecule has 1 aromatic heterocycles. The molecule has 1 aromatic carbocycles. The van der Waals surface area contributed by atoms with Gasteiger partial charge in [0.2, 0.25) is 11.0 Å². The number of anilines is 1. The van der Waals surface area contributed by atoms with Crippen LogP contribution in [0.3, 0.4) is 0 Å². The maximum Gasteiger partial charge on any atom is 0.220 e. The second-order valence-corrected chi connectivity index (χ2v) is 6.63. The number of nitrogens with zero attached hydrogens (tertiary/aromatic N) is 3. The molecule has 0 radical (unpaired) electrons. The van der Waals surface area contributed by atoms with Crippen LogP contribution < -0.4 is 10.6 Å². The Morgan fingerprint density at radius 3 is 2.64 bits per heavy atom. The number of nitrogens with two attached hydrogens (primary N) is 1. The monoisotopic (exact) mass is 336 g/mol. The van der Waals surface area contributed by atoms with E-state index in [-0.39, 0.29) is 11.8 Å². The van der Waals surface area contributed by atoms with Crippen LogP contribution in [0.2, 0.25) is 5.02 Å². The molecule has 116 valence electrons. The Morgan fingerprint density at radius 1 is 1.32 bits per heavy atom. The van der Waals surface area contributed by atoms with Crippen LogP contribution >= 0.6 is 23.1 Å². The number of benzene rings is 1. The summed E-state index contributed by atoms with van der Waals surface area (Å²) in [5.74, 6) is 0.623. The second-order valence-electron chi connectivity index (χ2n) is 5.46. The minimum Gasteiger partial charge on any atom is -0.369 e. The molecule has 1 fully saturated rings. The van der Waals surface area contributed by atoms with E-state index < -0.39 is 0 Å². The van der Waals surface area contributed by atoms with Gasteiger partial charge in [-0.2, -0.15) is 4.37 Å². The molecule has 7 heteroatoms. The van der Waals surface area contributed by atoms with Crippen LogP contribution in [0.5, 0.6) is 0 Å². The van der Waals surface area contributed by atoms with E-state index in [0.717, 1.165) is 47.5 Å². The van der Waals surface area contributed by atoms with Crippen LogP contribution in [0, 0.1) is 5.92 Å². The lowest BCUT2D eigenvalue weighted by molar-refractivity contribution is -0.122. The first-order chi connectivity index (χ1) is 10.6. The predicted octanol–water partition coefficient (Wildman–Crippen LogP) is 2.48. The van der Waals surface area contributed by atoms with Crippen molar-refractivity contribution in [1.82, 2.24) is 9.36 Å². The number of hydrogen-bond donors (Lipinski definition) is 1. The average molecular weight is 337 g/mol. The molecule has 1 aliphatic rings. The molecule has 2 N–H and O–H groups in total. The Hall–Kier alpha value is -1.66. The van der Waals surface area contributed by atoms with Crippen molar-refractivity contribution in [3.05, 3.63) is 40.7 Å². The van der Waals surface area contributed by atoms with Crippen LogP contribution in [0.1, 0.15) is 24.2 Å². The first kappa shape index (κ1) is 15.2. The van der Waals surface area contributed by atoms with Crippen LogP contribution in [-0.4, -0.2) is 28.4 Å². The Labute approximate surface area is 138 Å². The molecule has 22 heavy (non-hydrogen) atoms. The zero-order chi connectivity index (χ0) is 15.5. The van der Waals surface area contributed by atoms with Gasteiger partial charge in [-0.1, -0.05) is 23.7 Å². The SMILES string of the molecule is NC(=O)C1CCN(c2nc(Cc3ccc(Cl)cc3)ns2)CC1. The molecule has 0 aliphatic carbocycles. The maximum atomic E-state index is 11.2. The van der Waals surface area contributed by atoms with Crippen molar-refractivity contribution < 1.29 is 4.79 Å². The molecular weight excluding hydrogens is 320 g/mol. The van der Waals surface area contributed by atoms with E-state index in [1.54, 1.807) is 0 Å². The number of amides is 1. The van der Waals surface area contributed by atoms with E-state index in [4.69, 9.17) is 17.3 Å². The van der Waals surface area contributed by atoms with Gasteiger partial charge in [0, 0.05) is 42.0 Å². The number of piperidine rings is 1.